The van der Waals surface area contributed by atoms with Gasteiger partial charge in [-0.15, -0.1) is 0 Å². The van der Waals surface area contributed by atoms with E-state index in [1.807, 2.05) is 6.92 Å². The number of nitrogens with one attached hydrogen (secondary N) is 1. The third-order valence-corrected chi connectivity index (χ3v) is 4.40. The van der Waals surface area contributed by atoms with Crippen molar-refractivity contribution >= 4 is 10.0 Å². The van der Waals surface area contributed by atoms with Gasteiger partial charge >= 0.3 is 6.18 Å². The molecule has 0 atom stereocenters. The van der Waals surface area contributed by atoms with Crippen molar-refractivity contribution in [3.8, 4) is 0 Å². The third-order valence-electron chi connectivity index (χ3n) is 2.88. The summed E-state index contributed by atoms with van der Waals surface area (Å²) in [6.07, 6.45) is -2.39. The lowest BCUT2D eigenvalue weighted by molar-refractivity contribution is -0.139. The molecule has 0 saturated heterocycles. The Balaban J connectivity index is 2.61. The quantitative estimate of drug-likeness (QED) is 0.703. The van der Waals surface area contributed by atoms with E-state index in [0.717, 1.165) is 31.0 Å². The molecule has 0 aromatic heterocycles. The van der Waals surface area contributed by atoms with Crippen LogP contribution in [0.15, 0.2) is 29.2 Å². The van der Waals surface area contributed by atoms with Crippen LogP contribution in [0.25, 0.3) is 0 Å². The van der Waals surface area contributed by atoms with Gasteiger partial charge in [-0.3, -0.25) is 0 Å². The van der Waals surface area contributed by atoms with Crippen LogP contribution in [-0.2, 0) is 20.9 Å². The van der Waals surface area contributed by atoms with Crippen LogP contribution in [0.4, 0.5) is 13.2 Å². The summed E-state index contributed by atoms with van der Waals surface area (Å²) in [6.45, 7) is 3.01. The summed E-state index contributed by atoms with van der Waals surface area (Å²) in [4.78, 5) is -0.755. The third kappa shape index (κ3) is 5.94. The number of ether oxygens (including phenoxy) is 1. The minimum Gasteiger partial charge on any atom is -0.381 e. The van der Waals surface area contributed by atoms with Gasteiger partial charge in [-0.25, -0.2) is 13.1 Å². The smallest absolute Gasteiger partial charge is 0.381 e. The molecule has 1 rings (SSSR count). The molecule has 0 spiro atoms. The monoisotopic (exact) mass is 339 g/mol. The zero-order valence-electron chi connectivity index (χ0n) is 12.3. The second-order valence-corrected chi connectivity index (χ2v) is 6.45. The number of hydrogen-bond acceptors (Lipinski definition) is 3. The van der Waals surface area contributed by atoms with Crippen molar-refractivity contribution in [1.82, 2.24) is 4.72 Å². The maximum Gasteiger partial charge on any atom is 0.417 e. The molecule has 0 bridgehead atoms. The first-order chi connectivity index (χ1) is 10.3. The lowest BCUT2D eigenvalue weighted by Crippen LogP contribution is -2.27. The summed E-state index contributed by atoms with van der Waals surface area (Å²) in [5.74, 6) is 0. The van der Waals surface area contributed by atoms with E-state index in [9.17, 15) is 21.6 Å². The van der Waals surface area contributed by atoms with Gasteiger partial charge in [0, 0.05) is 19.8 Å². The van der Waals surface area contributed by atoms with E-state index in [1.165, 1.54) is 6.07 Å². The molecule has 126 valence electrons. The van der Waals surface area contributed by atoms with Crippen LogP contribution in [-0.4, -0.2) is 28.2 Å². The molecule has 1 aromatic carbocycles. The first-order valence-corrected chi connectivity index (χ1v) is 8.51. The zero-order valence-corrected chi connectivity index (χ0v) is 13.1. The van der Waals surface area contributed by atoms with Crippen molar-refractivity contribution in [2.75, 3.05) is 19.8 Å². The van der Waals surface area contributed by atoms with E-state index < -0.39 is 26.7 Å². The standard InChI is InChI=1S/C14H20F3NO3S/c1-2-3-10-21-11-6-9-18-22(19,20)13-8-5-4-7-12(13)14(15,16)17/h4-5,7-8,18H,2-3,6,9-11H2,1H3. The predicted molar refractivity (Wildman–Crippen MR) is 77.0 cm³/mol. The van der Waals surface area contributed by atoms with Gasteiger partial charge in [-0.05, 0) is 25.0 Å². The molecule has 1 aromatic rings. The highest BCUT2D eigenvalue weighted by atomic mass is 32.2. The van der Waals surface area contributed by atoms with Gasteiger partial charge in [0.15, 0.2) is 0 Å². The molecular formula is C14H20F3NO3S. The fourth-order valence-electron chi connectivity index (χ4n) is 1.74. The average Bonchev–Trinajstić information content (AvgIpc) is 2.45. The van der Waals surface area contributed by atoms with Crippen LogP contribution >= 0.6 is 0 Å². The topological polar surface area (TPSA) is 55.4 Å². The van der Waals surface area contributed by atoms with E-state index in [4.69, 9.17) is 4.74 Å². The van der Waals surface area contributed by atoms with E-state index >= 15 is 0 Å². The Hall–Kier alpha value is -1.12. The Kier molecular flexibility index (Phi) is 7.31. The van der Waals surface area contributed by atoms with E-state index in [-0.39, 0.29) is 6.54 Å². The average molecular weight is 339 g/mol. The summed E-state index contributed by atoms with van der Waals surface area (Å²) in [6, 6.07) is 4.12. The van der Waals surface area contributed by atoms with Crippen molar-refractivity contribution in [3.05, 3.63) is 29.8 Å². The number of rotatable bonds is 9. The molecule has 0 fully saturated rings. The first-order valence-electron chi connectivity index (χ1n) is 7.02. The first kappa shape index (κ1) is 18.9. The van der Waals surface area contributed by atoms with Crippen LogP contribution in [0.5, 0.6) is 0 Å². The molecular weight excluding hydrogens is 319 g/mol. The van der Waals surface area contributed by atoms with Crippen LogP contribution in [0.3, 0.4) is 0 Å². The molecule has 8 heteroatoms. The van der Waals surface area contributed by atoms with Gasteiger partial charge in [-0.1, -0.05) is 25.5 Å². The minimum atomic E-state index is -4.71. The number of benzene rings is 1. The maximum absolute atomic E-state index is 12.8. The van der Waals surface area contributed by atoms with Crippen LogP contribution < -0.4 is 4.72 Å². The SMILES string of the molecule is CCCCOCCCNS(=O)(=O)c1ccccc1C(F)(F)F. The molecule has 22 heavy (non-hydrogen) atoms. The van der Waals surface area contributed by atoms with Crippen molar-refractivity contribution in [3.63, 3.8) is 0 Å². The molecule has 0 saturated carbocycles. The molecule has 0 unspecified atom stereocenters. The largest absolute Gasteiger partial charge is 0.417 e. The van der Waals surface area contributed by atoms with Crippen LogP contribution in [0.1, 0.15) is 31.7 Å². The fourth-order valence-corrected chi connectivity index (χ4v) is 3.04. The van der Waals surface area contributed by atoms with Crippen molar-refractivity contribution in [2.45, 2.75) is 37.3 Å². The molecule has 1 N–H and O–H groups in total. The van der Waals surface area contributed by atoms with E-state index in [0.29, 0.717) is 19.6 Å². The van der Waals surface area contributed by atoms with Gasteiger partial charge in [-0.2, -0.15) is 13.2 Å². The summed E-state index contributed by atoms with van der Waals surface area (Å²) in [5.41, 5.74) is -1.17. The van der Waals surface area contributed by atoms with Gasteiger partial charge < -0.3 is 4.74 Å². The number of unbranched alkanes of at least 4 members (excludes halogenated alkanes) is 1. The van der Waals surface area contributed by atoms with E-state index in [2.05, 4.69) is 4.72 Å². The highest BCUT2D eigenvalue weighted by Crippen LogP contribution is 2.33. The van der Waals surface area contributed by atoms with Crippen LogP contribution in [0.2, 0.25) is 0 Å². The highest BCUT2D eigenvalue weighted by Gasteiger charge is 2.36. The number of sulfonamides is 1. The Bertz CT molecular complexity index is 559. The minimum absolute atomic E-state index is 0.0284. The Labute approximate surface area is 128 Å². The number of alkyl halides is 3. The molecule has 0 aliphatic carbocycles. The van der Waals surface area contributed by atoms with Crippen molar-refractivity contribution in [2.24, 2.45) is 0 Å². The summed E-state index contributed by atoms with van der Waals surface area (Å²) in [5, 5.41) is 0. The second-order valence-electron chi connectivity index (χ2n) is 4.71. The van der Waals surface area contributed by atoms with E-state index in [1.54, 1.807) is 0 Å². The summed E-state index contributed by atoms with van der Waals surface area (Å²) >= 11 is 0. The lowest BCUT2D eigenvalue weighted by atomic mass is 10.2. The van der Waals surface area contributed by atoms with Gasteiger partial charge in [0.05, 0.1) is 10.5 Å². The highest BCUT2D eigenvalue weighted by molar-refractivity contribution is 7.89. The van der Waals surface area contributed by atoms with Crippen molar-refractivity contribution < 1.29 is 26.3 Å². The zero-order chi connectivity index (χ0) is 16.6. The van der Waals surface area contributed by atoms with Crippen molar-refractivity contribution in [1.29, 1.82) is 0 Å². The molecule has 0 radical (unpaired) electrons. The maximum atomic E-state index is 12.8. The normalized spacial score (nSPS) is 12.5. The Morgan fingerprint density at radius 3 is 2.41 bits per heavy atom. The number of halogens is 3. The summed E-state index contributed by atoms with van der Waals surface area (Å²) < 4.78 is 69.9. The Morgan fingerprint density at radius 1 is 1.14 bits per heavy atom. The number of hydrogen-bond donors (Lipinski definition) is 1. The van der Waals surface area contributed by atoms with Crippen LogP contribution in [0, 0.1) is 0 Å². The lowest BCUT2D eigenvalue weighted by Gasteiger charge is -2.13. The molecule has 0 aliphatic rings. The van der Waals surface area contributed by atoms with Gasteiger partial charge in [0.25, 0.3) is 0 Å². The fraction of sp³-hybridized carbons (Fsp3) is 0.571. The molecule has 0 aliphatic heterocycles. The summed E-state index contributed by atoms with van der Waals surface area (Å²) in [7, 11) is -4.20. The molecule has 0 heterocycles. The van der Waals surface area contributed by atoms with Gasteiger partial charge in [0.1, 0.15) is 0 Å². The Morgan fingerprint density at radius 2 is 1.77 bits per heavy atom. The second kappa shape index (κ2) is 8.50. The van der Waals surface area contributed by atoms with Gasteiger partial charge in [0.2, 0.25) is 10.0 Å². The molecule has 0 amide bonds. The predicted octanol–water partition coefficient (Wildman–Crippen LogP) is 3.19. The molecule has 4 nitrogen and oxygen atoms in total.